The van der Waals surface area contributed by atoms with Crippen LogP contribution in [0.1, 0.15) is 165 Å². The van der Waals surface area contributed by atoms with E-state index in [1.54, 1.807) is 24.3 Å². The van der Waals surface area contributed by atoms with Crippen LogP contribution in [-0.4, -0.2) is 42.9 Å². The molecule has 4 aliphatic rings. The fourth-order valence-electron chi connectivity index (χ4n) is 11.4. The van der Waals surface area contributed by atoms with Crippen molar-refractivity contribution in [2.45, 2.75) is 151 Å². The molecular weight excluding hydrogens is 566 g/mol. The van der Waals surface area contributed by atoms with Crippen molar-refractivity contribution in [3.63, 3.8) is 0 Å². The third-order valence-corrected chi connectivity index (χ3v) is 14.5. The average Bonchev–Trinajstić information content (AvgIpc) is 3.05. The van der Waals surface area contributed by atoms with Crippen LogP contribution in [0, 0.1) is 33.5 Å². The Balaban J connectivity index is 1.35. The number of ether oxygens (including phenoxy) is 1. The number of carbonyl (C=O) groups excluding carboxylic acids is 2. The molecule has 1 aromatic carbocycles. The topological polar surface area (TPSA) is 46.6 Å². The second kappa shape index (κ2) is 14.3. The molecular formula is C42H65NO3. The highest BCUT2D eigenvalue weighted by molar-refractivity contribution is 5.98. The Morgan fingerprint density at radius 3 is 2.39 bits per heavy atom. The molecule has 0 spiro atoms. The minimum atomic E-state index is -0.381. The Morgan fingerprint density at radius 2 is 1.67 bits per heavy atom. The molecule has 3 saturated carbocycles. The van der Waals surface area contributed by atoms with Gasteiger partial charge in [0.25, 0.3) is 0 Å². The highest BCUT2D eigenvalue weighted by atomic mass is 16.5. The number of rotatable bonds is 13. The number of benzene rings is 1. The van der Waals surface area contributed by atoms with Gasteiger partial charge in [-0.1, -0.05) is 77.3 Å². The smallest absolute Gasteiger partial charge is 0.339 e. The van der Waals surface area contributed by atoms with Crippen LogP contribution in [0.2, 0.25) is 0 Å². The zero-order valence-electron chi connectivity index (χ0n) is 30.5. The van der Waals surface area contributed by atoms with Crippen LogP contribution in [-0.2, 0) is 4.74 Å². The molecule has 0 amide bonds. The summed E-state index contributed by atoms with van der Waals surface area (Å²) in [4.78, 5) is 27.3. The maximum atomic E-state index is 13.0. The molecule has 256 valence electrons. The molecule has 0 bridgehead atoms. The Bertz CT molecular complexity index is 1260. The lowest BCUT2D eigenvalue weighted by molar-refractivity contribution is -0.142. The van der Waals surface area contributed by atoms with Gasteiger partial charge < -0.3 is 9.64 Å². The molecule has 0 heterocycles. The van der Waals surface area contributed by atoms with Crippen molar-refractivity contribution in [3.05, 3.63) is 46.5 Å². The lowest BCUT2D eigenvalue weighted by atomic mass is 9.37. The van der Waals surface area contributed by atoms with E-state index in [2.05, 4.69) is 46.4 Å². The van der Waals surface area contributed by atoms with Gasteiger partial charge in [0.2, 0.25) is 0 Å². The molecule has 0 N–H and O–H groups in total. The van der Waals surface area contributed by atoms with Crippen molar-refractivity contribution < 1.29 is 14.3 Å². The second-order valence-electron chi connectivity index (χ2n) is 16.8. The second-order valence-corrected chi connectivity index (χ2v) is 16.8. The Hall–Kier alpha value is -1.94. The fourth-order valence-corrected chi connectivity index (χ4v) is 11.4. The molecule has 7 atom stereocenters. The van der Waals surface area contributed by atoms with Crippen molar-refractivity contribution in [2.75, 3.05) is 19.6 Å². The van der Waals surface area contributed by atoms with Crippen LogP contribution < -0.4 is 0 Å². The van der Waals surface area contributed by atoms with Crippen LogP contribution >= 0.6 is 0 Å². The quantitative estimate of drug-likeness (QED) is 0.123. The van der Waals surface area contributed by atoms with E-state index in [0.717, 1.165) is 19.1 Å². The highest BCUT2D eigenvalue weighted by Crippen LogP contribution is 2.73. The molecule has 0 saturated heterocycles. The minimum absolute atomic E-state index is 0.182. The van der Waals surface area contributed by atoms with Gasteiger partial charge in [0.1, 0.15) is 0 Å². The van der Waals surface area contributed by atoms with Gasteiger partial charge in [0.05, 0.1) is 11.7 Å². The molecule has 1 aromatic rings. The summed E-state index contributed by atoms with van der Waals surface area (Å²) in [7, 11) is 0. The summed E-state index contributed by atoms with van der Waals surface area (Å²) in [5.41, 5.74) is 5.86. The lowest BCUT2D eigenvalue weighted by Gasteiger charge is -2.68. The van der Waals surface area contributed by atoms with Gasteiger partial charge >= 0.3 is 5.97 Å². The third-order valence-electron chi connectivity index (χ3n) is 14.5. The molecule has 4 aliphatic carbocycles. The van der Waals surface area contributed by atoms with Gasteiger partial charge in [0.15, 0.2) is 6.29 Å². The molecule has 7 unspecified atom stereocenters. The summed E-state index contributed by atoms with van der Waals surface area (Å²) in [5.74, 6) is 0.953. The van der Waals surface area contributed by atoms with E-state index >= 15 is 0 Å². The van der Waals surface area contributed by atoms with Gasteiger partial charge in [-0.25, -0.2) is 4.79 Å². The summed E-state index contributed by atoms with van der Waals surface area (Å²) >= 11 is 0. The summed E-state index contributed by atoms with van der Waals surface area (Å²) in [6.07, 6.45) is 19.9. The Labute approximate surface area is 281 Å². The van der Waals surface area contributed by atoms with Gasteiger partial charge in [-0.2, -0.15) is 0 Å². The number of allylic oxidation sites excluding steroid dienone is 2. The predicted molar refractivity (Wildman–Crippen MR) is 190 cm³/mol. The van der Waals surface area contributed by atoms with E-state index in [4.69, 9.17) is 4.74 Å². The maximum Gasteiger partial charge on any atom is 0.339 e. The molecule has 0 aliphatic heterocycles. The third kappa shape index (κ3) is 6.30. The van der Waals surface area contributed by atoms with Crippen LogP contribution in [0.4, 0.5) is 0 Å². The maximum absolute atomic E-state index is 13.0. The van der Waals surface area contributed by atoms with E-state index in [1.807, 2.05) is 18.1 Å². The van der Waals surface area contributed by atoms with Crippen LogP contribution in [0.25, 0.3) is 0 Å². The molecule has 4 heteroatoms. The van der Waals surface area contributed by atoms with E-state index in [1.165, 1.54) is 103 Å². The van der Waals surface area contributed by atoms with Crippen molar-refractivity contribution in [3.8, 4) is 0 Å². The Morgan fingerprint density at radius 1 is 0.935 bits per heavy atom. The van der Waals surface area contributed by atoms with Crippen molar-refractivity contribution in [1.82, 2.24) is 4.90 Å². The normalized spacial score (nSPS) is 34.8. The first kappa shape index (κ1) is 35.4. The number of fused-ring (bicyclic) bond motifs is 4. The van der Waals surface area contributed by atoms with Gasteiger partial charge in [-0.15, -0.1) is 0 Å². The van der Waals surface area contributed by atoms with Gasteiger partial charge in [-0.3, -0.25) is 4.79 Å². The number of hydrogen-bond donors (Lipinski definition) is 0. The first-order chi connectivity index (χ1) is 22.0. The van der Waals surface area contributed by atoms with Gasteiger partial charge in [0, 0.05) is 5.56 Å². The zero-order chi connectivity index (χ0) is 33.2. The van der Waals surface area contributed by atoms with Gasteiger partial charge in [-0.05, 0) is 156 Å². The number of aldehydes is 1. The molecule has 46 heavy (non-hydrogen) atoms. The van der Waals surface area contributed by atoms with E-state index in [-0.39, 0.29) is 22.9 Å². The first-order valence-electron chi connectivity index (χ1n) is 19.2. The molecule has 4 nitrogen and oxygen atoms in total. The summed E-state index contributed by atoms with van der Waals surface area (Å²) in [5, 5.41) is 0. The predicted octanol–water partition coefficient (Wildman–Crippen LogP) is 10.8. The SMILES string of the molecule is CCCN(CCC)CCC12CCCCC1=C1CCC3C(C)(CCC(C)OC(=O)c4ccccc4C=O)C(C)CCC3(C)C1(C)CC2. The van der Waals surface area contributed by atoms with E-state index < -0.39 is 0 Å². The number of nitrogens with zero attached hydrogens (tertiary/aromatic N) is 1. The molecule has 0 radical (unpaired) electrons. The number of hydrogen-bond acceptors (Lipinski definition) is 4. The number of carbonyl (C=O) groups is 2. The van der Waals surface area contributed by atoms with Crippen LogP contribution in [0.15, 0.2) is 35.4 Å². The zero-order valence-corrected chi connectivity index (χ0v) is 30.5. The largest absolute Gasteiger partial charge is 0.459 e. The van der Waals surface area contributed by atoms with Crippen LogP contribution in [0.5, 0.6) is 0 Å². The summed E-state index contributed by atoms with van der Waals surface area (Å²) in [6.45, 7) is 20.9. The summed E-state index contributed by atoms with van der Waals surface area (Å²) in [6, 6.07) is 6.96. The number of esters is 1. The van der Waals surface area contributed by atoms with E-state index in [9.17, 15) is 9.59 Å². The lowest BCUT2D eigenvalue weighted by Crippen LogP contribution is -2.59. The van der Waals surface area contributed by atoms with Crippen LogP contribution in [0.3, 0.4) is 0 Å². The fraction of sp³-hybridized carbons (Fsp3) is 0.762. The summed E-state index contributed by atoms with van der Waals surface area (Å²) < 4.78 is 5.95. The van der Waals surface area contributed by atoms with Crippen molar-refractivity contribution in [1.29, 1.82) is 0 Å². The van der Waals surface area contributed by atoms with Crippen molar-refractivity contribution in [2.24, 2.45) is 33.5 Å². The minimum Gasteiger partial charge on any atom is -0.459 e. The Kier molecular flexibility index (Phi) is 11.0. The monoisotopic (exact) mass is 631 g/mol. The molecule has 5 rings (SSSR count). The standard InChI is InChI=1S/C42H65NO3/c1-8-27-43(28-9-2)29-26-42-21-13-12-16-36(42)35-17-18-37-39(5,31(3)19-23-41(37,7)40(35,6)24-25-42)22-20-32(4)46-38(45)34-15-11-10-14-33(34)30-44/h10-11,14-15,30-32,37H,8-9,12-13,16-29H2,1-7H3. The highest BCUT2D eigenvalue weighted by Gasteiger charge is 2.63. The van der Waals surface area contributed by atoms with Crippen molar-refractivity contribution >= 4 is 12.3 Å². The first-order valence-corrected chi connectivity index (χ1v) is 19.2. The van der Waals surface area contributed by atoms with E-state index in [0.29, 0.717) is 33.8 Å². The molecule has 3 fully saturated rings. The molecule has 0 aromatic heterocycles. The average molecular weight is 632 g/mol.